The predicted octanol–water partition coefficient (Wildman–Crippen LogP) is 3.43. The number of halogens is 1. The fraction of sp³-hybridized carbons (Fsp3) is 0.167. The summed E-state index contributed by atoms with van der Waals surface area (Å²) in [7, 11) is 0. The minimum Gasteiger partial charge on any atom is -0.445 e. The second kappa shape index (κ2) is 6.10. The van der Waals surface area contributed by atoms with Crippen LogP contribution in [0.25, 0.3) is 0 Å². The van der Waals surface area contributed by atoms with Gasteiger partial charge in [-0.25, -0.2) is 4.79 Å². The van der Waals surface area contributed by atoms with Gasteiger partial charge in [-0.05, 0) is 42.8 Å². The van der Waals surface area contributed by atoms with Crippen molar-refractivity contribution in [2.75, 3.05) is 5.32 Å². The quantitative estimate of drug-likeness (QED) is 0.804. The van der Waals surface area contributed by atoms with Gasteiger partial charge in [0.1, 0.15) is 6.07 Å². The molecule has 1 atom stereocenters. The molecule has 2 aromatic carbocycles. The number of rotatable bonds is 2. The molecule has 0 bridgehead atoms. The molecule has 5 nitrogen and oxygen atoms in total. The van der Waals surface area contributed by atoms with Gasteiger partial charge in [-0.3, -0.25) is 4.79 Å². The molecule has 1 amide bonds. The topological polar surface area (TPSA) is 79.2 Å². The van der Waals surface area contributed by atoms with Crippen LogP contribution >= 0.6 is 15.9 Å². The van der Waals surface area contributed by atoms with E-state index >= 15 is 0 Å². The monoisotopic (exact) mass is 384 g/mol. The van der Waals surface area contributed by atoms with Gasteiger partial charge < -0.3 is 10.1 Å². The van der Waals surface area contributed by atoms with Crippen LogP contribution in [0.4, 0.5) is 5.69 Å². The van der Waals surface area contributed by atoms with Crippen LogP contribution in [0, 0.1) is 11.3 Å². The lowest BCUT2D eigenvalue weighted by atomic mass is 9.89. The molecule has 1 aliphatic heterocycles. The molecule has 0 aromatic heterocycles. The Labute approximate surface area is 147 Å². The maximum Gasteiger partial charge on any atom is 0.339 e. The third-order valence-electron chi connectivity index (χ3n) is 3.91. The zero-order valence-corrected chi connectivity index (χ0v) is 14.4. The summed E-state index contributed by atoms with van der Waals surface area (Å²) >= 11 is 3.37. The van der Waals surface area contributed by atoms with E-state index < -0.39 is 17.5 Å². The highest BCUT2D eigenvalue weighted by Crippen LogP contribution is 2.31. The van der Waals surface area contributed by atoms with Gasteiger partial charge in [-0.1, -0.05) is 28.1 Å². The van der Waals surface area contributed by atoms with E-state index in [1.54, 1.807) is 43.3 Å². The maximum absolute atomic E-state index is 12.7. The molecule has 2 aromatic rings. The SMILES string of the molecule is CC1(C(=O)Nc2ccccc2C#N)Cc2cc(Br)ccc2C(=O)O1. The van der Waals surface area contributed by atoms with Crippen LogP contribution in [-0.2, 0) is 16.0 Å². The molecule has 0 aliphatic carbocycles. The van der Waals surface area contributed by atoms with Gasteiger partial charge in [-0.15, -0.1) is 0 Å². The van der Waals surface area contributed by atoms with E-state index in [0.29, 0.717) is 16.8 Å². The van der Waals surface area contributed by atoms with E-state index in [2.05, 4.69) is 21.2 Å². The van der Waals surface area contributed by atoms with Gasteiger partial charge in [0.2, 0.25) is 0 Å². The summed E-state index contributed by atoms with van der Waals surface area (Å²) in [4.78, 5) is 24.9. The number of carbonyl (C=O) groups is 2. The zero-order valence-electron chi connectivity index (χ0n) is 12.8. The summed E-state index contributed by atoms with van der Waals surface area (Å²) in [5.41, 5.74) is 0.600. The van der Waals surface area contributed by atoms with Crippen molar-refractivity contribution in [1.29, 1.82) is 5.26 Å². The number of ether oxygens (including phenoxy) is 1. The van der Waals surface area contributed by atoms with Gasteiger partial charge >= 0.3 is 5.97 Å². The fourth-order valence-corrected chi connectivity index (χ4v) is 3.05. The third kappa shape index (κ3) is 2.91. The largest absolute Gasteiger partial charge is 0.445 e. The minimum atomic E-state index is -1.34. The molecule has 0 fully saturated rings. The average molecular weight is 385 g/mol. The van der Waals surface area contributed by atoms with Crippen LogP contribution in [-0.4, -0.2) is 17.5 Å². The fourth-order valence-electron chi connectivity index (χ4n) is 2.64. The molecule has 6 heteroatoms. The number of benzene rings is 2. The molecule has 1 unspecified atom stereocenters. The summed E-state index contributed by atoms with van der Waals surface area (Å²) in [5.74, 6) is -1.00. The van der Waals surface area contributed by atoms with E-state index in [1.807, 2.05) is 12.1 Å². The highest BCUT2D eigenvalue weighted by Gasteiger charge is 2.42. The smallest absolute Gasteiger partial charge is 0.339 e. The van der Waals surface area contributed by atoms with Crippen LogP contribution in [0.1, 0.15) is 28.4 Å². The Morgan fingerprint density at radius 2 is 2.08 bits per heavy atom. The number of fused-ring (bicyclic) bond motifs is 1. The Kier molecular flexibility index (Phi) is 4.12. The van der Waals surface area contributed by atoms with Crippen molar-refractivity contribution < 1.29 is 14.3 Å². The van der Waals surface area contributed by atoms with Gasteiger partial charge in [0.25, 0.3) is 5.91 Å². The summed E-state index contributed by atoms with van der Waals surface area (Å²) < 4.78 is 6.23. The summed E-state index contributed by atoms with van der Waals surface area (Å²) in [5, 5.41) is 11.8. The number of carbonyl (C=O) groups excluding carboxylic acids is 2. The second-order valence-corrected chi connectivity index (χ2v) is 6.63. The molecular formula is C18H13BrN2O3. The predicted molar refractivity (Wildman–Crippen MR) is 91.5 cm³/mol. The first-order valence-electron chi connectivity index (χ1n) is 7.25. The Morgan fingerprint density at radius 1 is 1.33 bits per heavy atom. The number of esters is 1. The molecule has 1 aliphatic rings. The van der Waals surface area contributed by atoms with E-state index in [-0.39, 0.29) is 6.42 Å². The molecule has 3 rings (SSSR count). The molecule has 0 saturated carbocycles. The molecule has 0 saturated heterocycles. The maximum atomic E-state index is 12.7. The van der Waals surface area contributed by atoms with E-state index in [9.17, 15) is 9.59 Å². The lowest BCUT2D eigenvalue weighted by Gasteiger charge is -2.33. The molecular weight excluding hydrogens is 372 g/mol. The number of nitriles is 1. The normalized spacial score (nSPS) is 19.0. The zero-order chi connectivity index (χ0) is 17.3. The Morgan fingerprint density at radius 3 is 2.83 bits per heavy atom. The van der Waals surface area contributed by atoms with Crippen molar-refractivity contribution in [1.82, 2.24) is 0 Å². The number of hydrogen-bond acceptors (Lipinski definition) is 4. The number of amides is 1. The highest BCUT2D eigenvalue weighted by molar-refractivity contribution is 9.10. The van der Waals surface area contributed by atoms with Crippen LogP contribution in [0.5, 0.6) is 0 Å². The first-order valence-corrected chi connectivity index (χ1v) is 8.04. The number of nitrogens with zero attached hydrogens (tertiary/aromatic N) is 1. The lowest BCUT2D eigenvalue weighted by Crippen LogP contribution is -2.49. The van der Waals surface area contributed by atoms with Crippen molar-refractivity contribution >= 4 is 33.5 Å². The average Bonchev–Trinajstić information content (AvgIpc) is 2.54. The van der Waals surface area contributed by atoms with Gasteiger partial charge in [0, 0.05) is 10.9 Å². The van der Waals surface area contributed by atoms with Crippen LogP contribution in [0.3, 0.4) is 0 Å². The van der Waals surface area contributed by atoms with Crippen molar-refractivity contribution in [3.8, 4) is 6.07 Å². The van der Waals surface area contributed by atoms with Gasteiger partial charge in [0.15, 0.2) is 5.60 Å². The second-order valence-electron chi connectivity index (χ2n) is 5.71. The minimum absolute atomic E-state index is 0.258. The first-order chi connectivity index (χ1) is 11.4. The van der Waals surface area contributed by atoms with Crippen LogP contribution in [0.2, 0.25) is 0 Å². The Balaban J connectivity index is 1.90. The third-order valence-corrected chi connectivity index (χ3v) is 4.40. The number of hydrogen-bond donors (Lipinski definition) is 1. The molecule has 0 spiro atoms. The summed E-state index contributed by atoms with van der Waals surface area (Å²) in [6.45, 7) is 1.57. The number of nitrogens with one attached hydrogen (secondary N) is 1. The molecule has 1 heterocycles. The van der Waals surface area contributed by atoms with Crippen LogP contribution < -0.4 is 5.32 Å². The number of cyclic esters (lactones) is 1. The van der Waals surface area contributed by atoms with E-state index in [0.717, 1.165) is 10.0 Å². The summed E-state index contributed by atoms with van der Waals surface area (Å²) in [6.07, 6.45) is 0.258. The van der Waals surface area contributed by atoms with Crippen molar-refractivity contribution in [3.63, 3.8) is 0 Å². The van der Waals surface area contributed by atoms with Crippen molar-refractivity contribution in [3.05, 3.63) is 63.6 Å². The van der Waals surface area contributed by atoms with Crippen molar-refractivity contribution in [2.45, 2.75) is 18.9 Å². The first kappa shape index (κ1) is 16.2. The Hall–Kier alpha value is -2.65. The van der Waals surface area contributed by atoms with E-state index in [4.69, 9.17) is 10.00 Å². The van der Waals surface area contributed by atoms with Gasteiger partial charge in [-0.2, -0.15) is 5.26 Å². The highest BCUT2D eigenvalue weighted by atomic mass is 79.9. The van der Waals surface area contributed by atoms with E-state index in [1.165, 1.54) is 0 Å². The number of para-hydroxylation sites is 1. The molecule has 24 heavy (non-hydrogen) atoms. The molecule has 120 valence electrons. The molecule has 0 radical (unpaired) electrons. The lowest BCUT2D eigenvalue weighted by molar-refractivity contribution is -0.134. The van der Waals surface area contributed by atoms with Gasteiger partial charge in [0.05, 0.1) is 16.8 Å². The van der Waals surface area contributed by atoms with Crippen LogP contribution in [0.15, 0.2) is 46.9 Å². The standard InChI is InChI=1S/C18H13BrN2O3/c1-18(17(23)21-15-5-3-2-4-11(15)10-20)9-12-8-13(19)6-7-14(12)16(22)24-18/h2-8H,9H2,1H3,(H,21,23). The van der Waals surface area contributed by atoms with Crippen molar-refractivity contribution in [2.24, 2.45) is 0 Å². The Bertz CT molecular complexity index is 888. The number of anilines is 1. The molecule has 1 N–H and O–H groups in total. The summed E-state index contributed by atoms with van der Waals surface area (Å²) in [6, 6.07) is 13.9.